The fraction of sp³-hybridized carbons (Fsp3) is 0.152. The Labute approximate surface area is 261 Å². The van der Waals surface area contributed by atoms with Gasteiger partial charge in [0.25, 0.3) is 0 Å². The highest BCUT2D eigenvalue weighted by atomic mass is 35.5. The lowest BCUT2D eigenvalue weighted by atomic mass is 10.1. The monoisotopic (exact) mass is 630 g/mol. The Hall–Kier alpha value is -4.70. The van der Waals surface area contributed by atoms with E-state index in [2.05, 4.69) is 4.98 Å². The van der Waals surface area contributed by atoms with Crippen LogP contribution in [0.4, 0.5) is 0 Å². The highest BCUT2D eigenvalue weighted by molar-refractivity contribution is 6.42. The number of ether oxygens (including phenoxy) is 4. The van der Waals surface area contributed by atoms with Crippen LogP contribution in [-0.4, -0.2) is 52.4 Å². The van der Waals surface area contributed by atoms with Crippen LogP contribution in [0.25, 0.3) is 11.0 Å². The lowest BCUT2D eigenvalue weighted by molar-refractivity contribution is -0.0604. The number of aromatic nitrogens is 2. The molecule has 6 rings (SSSR count). The van der Waals surface area contributed by atoms with Crippen molar-refractivity contribution in [2.75, 3.05) is 6.61 Å². The molecule has 1 fully saturated rings. The number of benzene rings is 4. The van der Waals surface area contributed by atoms with Gasteiger partial charge >= 0.3 is 17.9 Å². The quantitative estimate of drug-likeness (QED) is 0.140. The summed E-state index contributed by atoms with van der Waals surface area (Å²) in [6.07, 6.45) is -2.99. The molecule has 0 aliphatic carbocycles. The van der Waals surface area contributed by atoms with E-state index < -0.39 is 42.4 Å². The number of fused-ring (bicyclic) bond motifs is 1. The number of imidazole rings is 1. The summed E-state index contributed by atoms with van der Waals surface area (Å²) in [7, 11) is 0. The van der Waals surface area contributed by atoms with Crippen molar-refractivity contribution in [1.29, 1.82) is 0 Å². The molecule has 1 aliphatic heterocycles. The zero-order chi connectivity index (χ0) is 30.6. The van der Waals surface area contributed by atoms with E-state index in [1.165, 1.54) is 6.33 Å². The van der Waals surface area contributed by atoms with Crippen LogP contribution in [0, 0.1) is 0 Å². The molecule has 1 aliphatic rings. The van der Waals surface area contributed by atoms with Crippen molar-refractivity contribution >= 4 is 52.1 Å². The molecule has 0 bridgehead atoms. The zero-order valence-corrected chi connectivity index (χ0v) is 24.4. The Morgan fingerprint density at radius 3 is 1.77 bits per heavy atom. The highest BCUT2D eigenvalue weighted by Gasteiger charge is 2.51. The SMILES string of the molecule is O=C(OC[C@H]1O[C@@H](n2cnc3cc(Cl)c(Cl)cc32)[C@@H](OC(=O)c2ccccc2)[C@@H]1OC(=O)c1ccccc1)c1ccccc1. The van der Waals surface area contributed by atoms with Crippen molar-refractivity contribution in [2.24, 2.45) is 0 Å². The number of esters is 3. The molecule has 0 unspecified atom stereocenters. The average Bonchev–Trinajstić information content (AvgIpc) is 3.61. The van der Waals surface area contributed by atoms with Crippen LogP contribution in [0.15, 0.2) is 109 Å². The topological polar surface area (TPSA) is 106 Å². The van der Waals surface area contributed by atoms with Gasteiger partial charge in [-0.2, -0.15) is 0 Å². The summed E-state index contributed by atoms with van der Waals surface area (Å²) in [6, 6.07) is 28.4. The van der Waals surface area contributed by atoms with Gasteiger partial charge in [0.15, 0.2) is 18.4 Å². The highest BCUT2D eigenvalue weighted by Crippen LogP contribution is 2.38. The van der Waals surface area contributed by atoms with Gasteiger partial charge in [0, 0.05) is 0 Å². The molecule has 0 radical (unpaired) electrons. The third-order valence-electron chi connectivity index (χ3n) is 7.07. The molecule has 5 aromatic rings. The van der Waals surface area contributed by atoms with Crippen LogP contribution in [-0.2, 0) is 18.9 Å². The molecule has 222 valence electrons. The number of rotatable bonds is 8. The van der Waals surface area contributed by atoms with Gasteiger partial charge in [-0.25, -0.2) is 19.4 Å². The fourth-order valence-electron chi connectivity index (χ4n) is 4.91. The lowest BCUT2D eigenvalue weighted by Crippen LogP contribution is -2.41. The van der Waals surface area contributed by atoms with Crippen molar-refractivity contribution in [1.82, 2.24) is 9.55 Å². The minimum Gasteiger partial charge on any atom is -0.459 e. The second-order valence-electron chi connectivity index (χ2n) is 9.91. The maximum Gasteiger partial charge on any atom is 0.338 e. The van der Waals surface area contributed by atoms with E-state index in [0.717, 1.165) is 0 Å². The number of hydrogen-bond acceptors (Lipinski definition) is 8. The number of carbonyl (C=O) groups excluding carboxylic acids is 3. The second-order valence-corrected chi connectivity index (χ2v) is 10.7. The van der Waals surface area contributed by atoms with Crippen LogP contribution in [0.3, 0.4) is 0 Å². The predicted octanol–water partition coefficient (Wildman–Crippen LogP) is 6.55. The zero-order valence-electron chi connectivity index (χ0n) is 22.9. The standard InChI is InChI=1S/C33H24Cl2N2O7/c34-23-16-25-26(17-24(23)35)37(19-36-25)30-29(44-33(40)22-14-8-3-9-15-22)28(43-32(39)21-12-6-2-7-13-21)27(42-30)18-41-31(38)20-10-4-1-5-11-20/h1-17,19,27-30H,18H2/t27-,28-,29+,30-/m1/s1. The largest absolute Gasteiger partial charge is 0.459 e. The van der Waals surface area contributed by atoms with Gasteiger partial charge in [-0.1, -0.05) is 77.8 Å². The molecule has 2 heterocycles. The van der Waals surface area contributed by atoms with Crippen molar-refractivity contribution in [3.8, 4) is 0 Å². The van der Waals surface area contributed by atoms with Gasteiger partial charge in [-0.15, -0.1) is 0 Å². The molecule has 44 heavy (non-hydrogen) atoms. The molecular formula is C33H24Cl2N2O7. The van der Waals surface area contributed by atoms with Crippen LogP contribution in [0.5, 0.6) is 0 Å². The summed E-state index contributed by atoms with van der Waals surface area (Å²) >= 11 is 12.6. The van der Waals surface area contributed by atoms with Gasteiger partial charge in [0.05, 0.1) is 44.1 Å². The molecule has 1 aromatic heterocycles. The van der Waals surface area contributed by atoms with Crippen LogP contribution < -0.4 is 0 Å². The number of halogens is 2. The molecule has 11 heteroatoms. The number of nitrogens with zero attached hydrogens (tertiary/aromatic N) is 2. The number of carbonyl (C=O) groups is 3. The minimum atomic E-state index is -1.19. The van der Waals surface area contributed by atoms with Gasteiger partial charge in [-0.3, -0.25) is 0 Å². The first-order valence-corrected chi connectivity index (χ1v) is 14.4. The van der Waals surface area contributed by atoms with E-state index in [9.17, 15) is 14.4 Å². The van der Waals surface area contributed by atoms with E-state index >= 15 is 0 Å². The molecule has 0 saturated carbocycles. The lowest BCUT2D eigenvalue weighted by Gasteiger charge is -2.25. The summed E-state index contributed by atoms with van der Waals surface area (Å²) in [5.41, 5.74) is 1.93. The van der Waals surface area contributed by atoms with Crippen molar-refractivity contribution in [3.63, 3.8) is 0 Å². The summed E-state index contributed by atoms with van der Waals surface area (Å²) < 4.78 is 25.6. The Bertz CT molecular complexity index is 1800. The summed E-state index contributed by atoms with van der Waals surface area (Å²) in [5.74, 6) is -1.94. The van der Waals surface area contributed by atoms with E-state index in [4.69, 9.17) is 42.1 Å². The van der Waals surface area contributed by atoms with Crippen LogP contribution >= 0.6 is 23.2 Å². The third-order valence-corrected chi connectivity index (χ3v) is 7.79. The molecule has 4 atom stereocenters. The van der Waals surface area contributed by atoms with Gasteiger partial charge in [0.1, 0.15) is 12.7 Å². The number of hydrogen-bond donors (Lipinski definition) is 0. The van der Waals surface area contributed by atoms with Gasteiger partial charge < -0.3 is 23.5 Å². The molecule has 0 N–H and O–H groups in total. The van der Waals surface area contributed by atoms with E-state index in [-0.39, 0.29) is 22.8 Å². The fourth-order valence-corrected chi connectivity index (χ4v) is 5.22. The first kappa shape index (κ1) is 29.4. The van der Waals surface area contributed by atoms with Gasteiger partial charge in [-0.05, 0) is 48.5 Å². The van der Waals surface area contributed by atoms with Crippen LogP contribution in [0.2, 0.25) is 10.0 Å². The summed E-state index contributed by atoms with van der Waals surface area (Å²) in [4.78, 5) is 43.9. The predicted molar refractivity (Wildman–Crippen MR) is 162 cm³/mol. The average molecular weight is 631 g/mol. The second kappa shape index (κ2) is 12.9. The molecule has 0 spiro atoms. The molecule has 0 amide bonds. The Morgan fingerprint density at radius 2 is 1.20 bits per heavy atom. The van der Waals surface area contributed by atoms with E-state index in [0.29, 0.717) is 21.6 Å². The molecule has 9 nitrogen and oxygen atoms in total. The Kier molecular flexibility index (Phi) is 8.60. The Balaban J connectivity index is 1.38. The van der Waals surface area contributed by atoms with Crippen molar-refractivity contribution < 1.29 is 33.3 Å². The van der Waals surface area contributed by atoms with E-state index in [1.807, 2.05) is 0 Å². The minimum absolute atomic E-state index is 0.275. The third kappa shape index (κ3) is 6.16. The maximum atomic E-state index is 13.4. The molecule has 1 saturated heterocycles. The van der Waals surface area contributed by atoms with E-state index in [1.54, 1.807) is 108 Å². The molecular weight excluding hydrogens is 607 g/mol. The first-order valence-electron chi connectivity index (χ1n) is 13.6. The van der Waals surface area contributed by atoms with Gasteiger partial charge in [0.2, 0.25) is 0 Å². The van der Waals surface area contributed by atoms with Crippen molar-refractivity contribution in [3.05, 3.63) is 136 Å². The normalized spacial score (nSPS) is 19.4. The summed E-state index contributed by atoms with van der Waals surface area (Å²) in [5, 5.41) is 0.585. The van der Waals surface area contributed by atoms with Crippen molar-refractivity contribution in [2.45, 2.75) is 24.5 Å². The maximum absolute atomic E-state index is 13.4. The first-order chi connectivity index (χ1) is 21.4. The smallest absolute Gasteiger partial charge is 0.338 e. The van der Waals surface area contributed by atoms with Crippen LogP contribution in [0.1, 0.15) is 37.3 Å². The summed E-state index contributed by atoms with van der Waals surface area (Å²) in [6.45, 7) is -0.310. The Morgan fingerprint density at radius 1 is 0.705 bits per heavy atom. The molecule has 4 aromatic carbocycles.